The first-order valence-electron chi connectivity index (χ1n) is 4.42. The van der Waals surface area contributed by atoms with Gasteiger partial charge in [0.25, 0.3) is 0 Å². The quantitative estimate of drug-likeness (QED) is 0.683. The molecular weight excluding hydrogens is 189 g/mol. The highest BCUT2D eigenvalue weighted by Crippen LogP contribution is 2.33. The summed E-state index contributed by atoms with van der Waals surface area (Å²) >= 11 is 5.92. The summed E-state index contributed by atoms with van der Waals surface area (Å²) in [4.78, 5) is 0. The van der Waals surface area contributed by atoms with Crippen LogP contribution in [0, 0.1) is 5.82 Å². The molecule has 1 atom stereocenters. The van der Waals surface area contributed by atoms with Crippen molar-refractivity contribution in [3.63, 3.8) is 0 Å². The smallest absolute Gasteiger partial charge is 0.125 e. The zero-order chi connectivity index (χ0) is 9.42. The fraction of sp³-hybridized carbons (Fsp3) is 0.400. The Morgan fingerprint density at radius 1 is 1.46 bits per heavy atom. The van der Waals surface area contributed by atoms with Gasteiger partial charge in [0, 0.05) is 11.1 Å². The first kappa shape index (κ1) is 8.97. The average Bonchev–Trinajstić information content (AvgIpc) is 2.07. The SMILES string of the molecule is N[C@H]1CCCc2c(Cl)cc(F)cc21. The molecule has 0 fully saturated rings. The lowest BCUT2D eigenvalue weighted by atomic mass is 9.88. The Balaban J connectivity index is 2.56. The van der Waals surface area contributed by atoms with E-state index in [1.165, 1.54) is 12.1 Å². The molecule has 13 heavy (non-hydrogen) atoms. The summed E-state index contributed by atoms with van der Waals surface area (Å²) in [7, 11) is 0. The first-order chi connectivity index (χ1) is 6.18. The zero-order valence-corrected chi connectivity index (χ0v) is 7.94. The Morgan fingerprint density at radius 3 is 3.00 bits per heavy atom. The van der Waals surface area contributed by atoms with Gasteiger partial charge < -0.3 is 5.73 Å². The van der Waals surface area contributed by atoms with Gasteiger partial charge in [0.1, 0.15) is 5.82 Å². The molecule has 1 aliphatic rings. The Hall–Kier alpha value is -0.600. The fourth-order valence-corrected chi connectivity index (χ4v) is 2.18. The number of benzene rings is 1. The van der Waals surface area contributed by atoms with Crippen LogP contribution in [-0.4, -0.2) is 0 Å². The number of rotatable bonds is 0. The normalized spacial score (nSPS) is 21.3. The van der Waals surface area contributed by atoms with Crippen LogP contribution in [0.2, 0.25) is 5.02 Å². The maximum absolute atomic E-state index is 13.0. The predicted molar refractivity (Wildman–Crippen MR) is 51.3 cm³/mol. The summed E-state index contributed by atoms with van der Waals surface area (Å²) in [6.07, 6.45) is 2.88. The van der Waals surface area contributed by atoms with Crippen molar-refractivity contribution < 1.29 is 4.39 Å². The lowest BCUT2D eigenvalue weighted by Gasteiger charge is -2.22. The van der Waals surface area contributed by atoms with Crippen LogP contribution in [0.1, 0.15) is 30.0 Å². The van der Waals surface area contributed by atoms with Gasteiger partial charge in [-0.15, -0.1) is 0 Å². The van der Waals surface area contributed by atoms with Gasteiger partial charge in [-0.25, -0.2) is 4.39 Å². The van der Waals surface area contributed by atoms with Crippen molar-refractivity contribution in [2.24, 2.45) is 5.73 Å². The van der Waals surface area contributed by atoms with E-state index >= 15 is 0 Å². The number of nitrogens with two attached hydrogens (primary N) is 1. The molecular formula is C10H11ClFN. The molecule has 1 aromatic rings. The monoisotopic (exact) mass is 199 g/mol. The maximum Gasteiger partial charge on any atom is 0.125 e. The molecule has 1 aromatic carbocycles. The van der Waals surface area contributed by atoms with Gasteiger partial charge in [-0.3, -0.25) is 0 Å². The number of hydrogen-bond acceptors (Lipinski definition) is 1. The molecule has 1 nitrogen and oxygen atoms in total. The third-order valence-electron chi connectivity index (χ3n) is 2.54. The van der Waals surface area contributed by atoms with E-state index in [1.807, 2.05) is 0 Å². The minimum atomic E-state index is -0.291. The molecule has 0 spiro atoms. The lowest BCUT2D eigenvalue weighted by Crippen LogP contribution is -2.17. The van der Waals surface area contributed by atoms with E-state index in [-0.39, 0.29) is 11.9 Å². The van der Waals surface area contributed by atoms with Crippen molar-refractivity contribution in [3.8, 4) is 0 Å². The van der Waals surface area contributed by atoms with Crippen LogP contribution in [0.3, 0.4) is 0 Å². The number of halogens is 2. The molecule has 2 rings (SSSR count). The van der Waals surface area contributed by atoms with Crippen molar-refractivity contribution in [2.45, 2.75) is 25.3 Å². The summed E-state index contributed by atoms with van der Waals surface area (Å²) in [6, 6.07) is 2.82. The molecule has 0 heterocycles. The maximum atomic E-state index is 13.0. The van der Waals surface area contributed by atoms with Crippen LogP contribution in [0.15, 0.2) is 12.1 Å². The molecule has 0 aliphatic heterocycles. The van der Waals surface area contributed by atoms with Crippen LogP contribution in [0.25, 0.3) is 0 Å². The topological polar surface area (TPSA) is 26.0 Å². The third-order valence-corrected chi connectivity index (χ3v) is 2.87. The van der Waals surface area contributed by atoms with Crippen LogP contribution in [0.5, 0.6) is 0 Å². The molecule has 0 radical (unpaired) electrons. The first-order valence-corrected chi connectivity index (χ1v) is 4.79. The van der Waals surface area contributed by atoms with E-state index in [1.54, 1.807) is 0 Å². The third kappa shape index (κ3) is 1.56. The minimum Gasteiger partial charge on any atom is -0.324 e. The van der Waals surface area contributed by atoms with Gasteiger partial charge in [0.2, 0.25) is 0 Å². The van der Waals surface area contributed by atoms with Crippen LogP contribution in [-0.2, 0) is 6.42 Å². The van der Waals surface area contributed by atoms with Crippen molar-refractivity contribution >= 4 is 11.6 Å². The summed E-state index contributed by atoms with van der Waals surface area (Å²) in [5, 5.41) is 0.519. The van der Waals surface area contributed by atoms with E-state index < -0.39 is 0 Å². The zero-order valence-electron chi connectivity index (χ0n) is 7.19. The molecule has 0 saturated heterocycles. The van der Waals surface area contributed by atoms with Crippen LogP contribution < -0.4 is 5.73 Å². The van der Waals surface area contributed by atoms with Crippen molar-refractivity contribution in [1.82, 2.24) is 0 Å². The Labute approximate surface area is 81.7 Å². The number of hydrogen-bond donors (Lipinski definition) is 1. The van der Waals surface area contributed by atoms with E-state index in [2.05, 4.69) is 0 Å². The van der Waals surface area contributed by atoms with Crippen LogP contribution >= 0.6 is 11.6 Å². The molecule has 0 saturated carbocycles. The molecule has 0 amide bonds. The molecule has 0 unspecified atom stereocenters. The Morgan fingerprint density at radius 2 is 2.23 bits per heavy atom. The van der Waals surface area contributed by atoms with E-state index in [0.29, 0.717) is 5.02 Å². The van der Waals surface area contributed by atoms with Crippen molar-refractivity contribution in [1.29, 1.82) is 0 Å². The van der Waals surface area contributed by atoms with E-state index in [4.69, 9.17) is 17.3 Å². The molecule has 70 valence electrons. The highest BCUT2D eigenvalue weighted by atomic mass is 35.5. The highest BCUT2D eigenvalue weighted by molar-refractivity contribution is 6.31. The fourth-order valence-electron chi connectivity index (χ4n) is 1.87. The van der Waals surface area contributed by atoms with Gasteiger partial charge in [-0.2, -0.15) is 0 Å². The predicted octanol–water partition coefficient (Wildman–Crippen LogP) is 2.82. The molecule has 0 aromatic heterocycles. The summed E-state index contributed by atoms with van der Waals surface area (Å²) < 4.78 is 13.0. The second-order valence-electron chi connectivity index (χ2n) is 3.45. The second-order valence-corrected chi connectivity index (χ2v) is 3.86. The second kappa shape index (κ2) is 3.28. The molecule has 0 bridgehead atoms. The van der Waals surface area contributed by atoms with Gasteiger partial charge in [-0.1, -0.05) is 11.6 Å². The summed E-state index contributed by atoms with van der Waals surface area (Å²) in [5.74, 6) is -0.291. The summed E-state index contributed by atoms with van der Waals surface area (Å²) in [6.45, 7) is 0. The highest BCUT2D eigenvalue weighted by Gasteiger charge is 2.19. The standard InChI is InChI=1S/C10H11ClFN/c11-9-5-6(12)4-8-7(9)2-1-3-10(8)13/h4-5,10H,1-3,13H2/t10-/m0/s1. The Kier molecular flexibility index (Phi) is 2.26. The lowest BCUT2D eigenvalue weighted by molar-refractivity contribution is 0.557. The van der Waals surface area contributed by atoms with Gasteiger partial charge in [-0.05, 0) is 42.5 Å². The van der Waals surface area contributed by atoms with E-state index in [9.17, 15) is 4.39 Å². The van der Waals surface area contributed by atoms with Gasteiger partial charge in [0.05, 0.1) is 0 Å². The molecule has 2 N–H and O–H groups in total. The summed E-state index contributed by atoms with van der Waals surface area (Å²) in [5.41, 5.74) is 7.77. The van der Waals surface area contributed by atoms with Gasteiger partial charge >= 0.3 is 0 Å². The largest absolute Gasteiger partial charge is 0.324 e. The van der Waals surface area contributed by atoms with Crippen molar-refractivity contribution in [3.05, 3.63) is 34.1 Å². The number of fused-ring (bicyclic) bond motifs is 1. The molecule has 1 aliphatic carbocycles. The Bertz CT molecular complexity index is 338. The minimum absolute atomic E-state index is 0.0445. The average molecular weight is 200 g/mol. The van der Waals surface area contributed by atoms with Crippen LogP contribution in [0.4, 0.5) is 4.39 Å². The van der Waals surface area contributed by atoms with Gasteiger partial charge in [0.15, 0.2) is 0 Å². The van der Waals surface area contributed by atoms with E-state index in [0.717, 1.165) is 30.4 Å². The van der Waals surface area contributed by atoms with Crippen molar-refractivity contribution in [2.75, 3.05) is 0 Å². The molecule has 3 heteroatoms.